The van der Waals surface area contributed by atoms with Crippen LogP contribution in [-0.2, 0) is 37.4 Å². The average Bonchev–Trinajstić information content (AvgIpc) is 3.21. The third kappa shape index (κ3) is 11.4. The number of aryl methyl sites for hydroxylation is 8. The van der Waals surface area contributed by atoms with Crippen LogP contribution in [0.4, 0.5) is 0 Å². The van der Waals surface area contributed by atoms with Gasteiger partial charge in [0.15, 0.2) is 18.6 Å². The van der Waals surface area contributed by atoms with Gasteiger partial charge in [0, 0.05) is 55.7 Å². The zero-order chi connectivity index (χ0) is 46.4. The fourth-order valence-electron chi connectivity index (χ4n) is 7.39. The van der Waals surface area contributed by atoms with E-state index in [1.165, 1.54) is 55.9 Å². The molecule has 3 aromatic carbocycles. The topological polar surface area (TPSA) is 11.6 Å². The van der Waals surface area contributed by atoms with Gasteiger partial charge in [0.2, 0.25) is 17.1 Å². The molecule has 0 aliphatic rings. The second-order valence-electron chi connectivity index (χ2n) is 18.6. The molecular weight excluding hydrogens is 715 g/mol. The van der Waals surface area contributed by atoms with E-state index >= 15 is 0 Å². The van der Waals surface area contributed by atoms with E-state index in [0.29, 0.717) is 5.56 Å². The molecule has 0 unspecified atom stereocenters. The molecule has 0 fully saturated rings. The van der Waals surface area contributed by atoms with Crippen molar-refractivity contribution >= 4 is 0 Å². The monoisotopic (exact) mass is 794 g/mol. The minimum atomic E-state index is -2.06. The van der Waals surface area contributed by atoms with Gasteiger partial charge in [0.25, 0.3) is 0 Å². The molecule has 0 spiro atoms. The summed E-state index contributed by atoms with van der Waals surface area (Å²) in [7, 11) is 6.32. The number of pyridine rings is 3. The van der Waals surface area contributed by atoms with E-state index < -0.39 is 6.85 Å². The van der Waals surface area contributed by atoms with Gasteiger partial charge in [-0.3, -0.25) is 0 Å². The lowest BCUT2D eigenvalue weighted by atomic mass is 9.83. The van der Waals surface area contributed by atoms with E-state index in [1.807, 2.05) is 20.0 Å². The minimum absolute atomic E-state index is 0.149. The van der Waals surface area contributed by atoms with Crippen molar-refractivity contribution in [3.8, 4) is 33.8 Å². The lowest BCUT2D eigenvalue weighted by Gasteiger charge is -2.21. The molecule has 0 N–H and O–H groups in total. The van der Waals surface area contributed by atoms with Crippen LogP contribution >= 0.6 is 0 Å². The maximum absolute atomic E-state index is 7.53. The Labute approximate surface area is 364 Å². The van der Waals surface area contributed by atoms with Crippen molar-refractivity contribution in [2.45, 2.75) is 132 Å². The third-order valence-electron chi connectivity index (χ3n) is 13.0. The third-order valence-corrected chi connectivity index (χ3v) is 13.0. The Balaban J connectivity index is 0.000000205. The molecule has 0 bridgehead atoms. The van der Waals surface area contributed by atoms with E-state index in [-0.39, 0.29) is 16.2 Å². The Hall–Kier alpha value is -4.89. The van der Waals surface area contributed by atoms with Crippen LogP contribution in [0, 0.1) is 34.5 Å². The van der Waals surface area contributed by atoms with Crippen LogP contribution in [0.3, 0.4) is 0 Å². The van der Waals surface area contributed by atoms with Gasteiger partial charge in [-0.2, -0.15) is 0 Å². The Morgan fingerprint density at radius 3 is 1.08 bits per heavy atom. The lowest BCUT2D eigenvalue weighted by molar-refractivity contribution is -0.661. The van der Waals surface area contributed by atoms with Gasteiger partial charge >= 0.3 is 0 Å². The fraction of sp³-hybridized carbons (Fsp3) is 0.411. The molecule has 59 heavy (non-hydrogen) atoms. The van der Waals surface area contributed by atoms with Gasteiger partial charge in [0.05, 0.1) is 0 Å². The zero-order valence-electron chi connectivity index (χ0n) is 42.4. The smallest absolute Gasteiger partial charge is 0.201 e. The first-order valence-electron chi connectivity index (χ1n) is 23.1. The average molecular weight is 794 g/mol. The Bertz CT molecular complexity index is 2470. The van der Waals surface area contributed by atoms with Crippen LogP contribution in [-0.4, -0.2) is 0 Å². The van der Waals surface area contributed by atoms with E-state index in [0.717, 1.165) is 36.1 Å². The minimum Gasteiger partial charge on any atom is -0.201 e. The molecule has 0 atom stereocenters. The number of hydrogen-bond acceptors (Lipinski definition) is 0. The molecule has 6 aromatic rings. The molecule has 312 valence electrons. The molecule has 0 aliphatic heterocycles. The van der Waals surface area contributed by atoms with Gasteiger partial charge in [0.1, 0.15) is 21.1 Å². The van der Waals surface area contributed by atoms with E-state index in [4.69, 9.17) is 4.11 Å². The predicted molar refractivity (Wildman–Crippen MR) is 253 cm³/mol. The Morgan fingerprint density at radius 2 is 0.763 bits per heavy atom. The van der Waals surface area contributed by atoms with E-state index in [2.05, 4.69) is 208 Å². The number of nitrogens with zero attached hydrogens (tertiary/aromatic N) is 3. The molecule has 0 aliphatic carbocycles. The highest BCUT2D eigenvalue weighted by Gasteiger charge is 2.25. The van der Waals surface area contributed by atoms with Crippen LogP contribution in [0.2, 0.25) is 0 Å². The number of hydrogen-bond donors (Lipinski definition) is 0. The molecule has 3 heterocycles. The summed E-state index contributed by atoms with van der Waals surface area (Å²) in [5, 5.41) is 0. The van der Waals surface area contributed by atoms with E-state index in [1.54, 1.807) is 12.1 Å². The molecule has 3 nitrogen and oxygen atoms in total. The summed E-state index contributed by atoms with van der Waals surface area (Å²) in [6.07, 6.45) is 10.1. The lowest BCUT2D eigenvalue weighted by Crippen LogP contribution is -2.33. The molecule has 3 heteroatoms. The highest BCUT2D eigenvalue weighted by molar-refractivity contribution is 5.63. The quantitative estimate of drug-likeness (QED) is 0.129. The molecule has 0 radical (unpaired) electrons. The van der Waals surface area contributed by atoms with Crippen LogP contribution in [0.25, 0.3) is 33.8 Å². The summed E-state index contributed by atoms with van der Waals surface area (Å²) >= 11 is 0. The van der Waals surface area contributed by atoms with Gasteiger partial charge in [-0.25, -0.2) is 13.7 Å². The Morgan fingerprint density at radius 1 is 0.424 bits per heavy atom. The van der Waals surface area contributed by atoms with Crippen LogP contribution < -0.4 is 13.7 Å². The van der Waals surface area contributed by atoms with Crippen molar-refractivity contribution in [1.29, 1.82) is 0 Å². The second-order valence-corrected chi connectivity index (χ2v) is 18.6. The van der Waals surface area contributed by atoms with Crippen molar-refractivity contribution in [3.63, 3.8) is 0 Å². The molecule has 0 saturated carbocycles. The highest BCUT2D eigenvalue weighted by atomic mass is 14.9. The normalized spacial score (nSPS) is 12.6. The van der Waals surface area contributed by atoms with Crippen LogP contribution in [0.1, 0.15) is 130 Å². The molecule has 6 rings (SSSR count). The summed E-state index contributed by atoms with van der Waals surface area (Å²) in [6.45, 7) is 26.8. The van der Waals surface area contributed by atoms with Gasteiger partial charge in [-0.1, -0.05) is 116 Å². The van der Waals surface area contributed by atoms with Crippen molar-refractivity contribution in [2.75, 3.05) is 0 Å². The fourth-order valence-corrected chi connectivity index (χ4v) is 7.39. The maximum Gasteiger partial charge on any atom is 0.212 e. The summed E-state index contributed by atoms with van der Waals surface area (Å²) in [6, 6.07) is 34.0. The van der Waals surface area contributed by atoms with Crippen molar-refractivity contribution in [1.82, 2.24) is 0 Å². The van der Waals surface area contributed by atoms with Crippen molar-refractivity contribution < 1.29 is 17.8 Å². The Kier molecular flexibility index (Phi) is 13.9. The first-order valence-corrected chi connectivity index (χ1v) is 21.6. The number of rotatable bonds is 9. The molecule has 3 aromatic heterocycles. The van der Waals surface area contributed by atoms with Gasteiger partial charge < -0.3 is 0 Å². The van der Waals surface area contributed by atoms with Crippen LogP contribution in [0.15, 0.2) is 116 Å². The summed E-state index contributed by atoms with van der Waals surface area (Å²) in [5.74, 6) is 0. The SMILES string of the molecule is CCC(C)(C)c1ccc(-c2ccc(C)cc2C)[n+](C)c1.CCC(C)(C)c1ccc(-c2ccccc2C)[n+](C)c1.[2H]C([2H])([2H])c1ccc(-c2ccc(C(C)(C)CC)c[n+]2C)c(C)c1. The van der Waals surface area contributed by atoms with E-state index in [9.17, 15) is 0 Å². The maximum atomic E-state index is 7.53. The predicted octanol–water partition coefficient (Wildman–Crippen LogP) is 13.1. The summed E-state index contributed by atoms with van der Waals surface area (Å²) in [5.41, 5.74) is 17.4. The molecular formula is C56H76N3+3. The first-order chi connectivity index (χ1) is 28.9. The van der Waals surface area contributed by atoms with Crippen LogP contribution in [0.5, 0.6) is 0 Å². The van der Waals surface area contributed by atoms with Crippen molar-refractivity contribution in [3.05, 3.63) is 160 Å². The number of benzene rings is 3. The highest BCUT2D eigenvalue weighted by Crippen LogP contribution is 2.30. The second kappa shape index (κ2) is 19.4. The van der Waals surface area contributed by atoms with Crippen molar-refractivity contribution in [2.24, 2.45) is 21.1 Å². The largest absolute Gasteiger partial charge is 0.212 e. The first kappa shape index (κ1) is 42.2. The summed E-state index contributed by atoms with van der Waals surface area (Å²) in [4.78, 5) is 0. The summed E-state index contributed by atoms with van der Waals surface area (Å²) < 4.78 is 29.2. The van der Waals surface area contributed by atoms with Gasteiger partial charge in [-0.15, -0.1) is 0 Å². The molecule has 0 amide bonds. The van der Waals surface area contributed by atoms with Gasteiger partial charge in [-0.05, 0) is 123 Å². The zero-order valence-corrected chi connectivity index (χ0v) is 39.4. The number of aromatic nitrogens is 3. The standard InChI is InChI=1S/2C19H26N.C18H24N/c2*1-7-19(4,5)16-9-11-18(20(6)13-16)17-10-8-14(2)12-15(17)3;1-6-18(3,4)15-11-12-17(19(5)13-15)16-10-8-7-9-14(16)2/h2*8-13H,7H2,1-6H3;7-13H,6H2,1-5H3/q3*+1/i2D3;;. The molecule has 0 saturated heterocycles.